The van der Waals surface area contributed by atoms with Crippen molar-refractivity contribution in [3.8, 4) is 0 Å². The summed E-state index contributed by atoms with van der Waals surface area (Å²) in [6.07, 6.45) is 0. The fourth-order valence-electron chi connectivity index (χ4n) is 3.22. The molecule has 2 aliphatic rings. The predicted octanol–water partition coefficient (Wildman–Crippen LogP) is 2.89. The average Bonchev–Trinajstić information content (AvgIpc) is 3.06. The standard InChI is InChI=1S/C18H11N2OP/c21-22(13-8-2-1-3-9-13)19-17-14-10-4-6-12-7-5-11-15(16(12)14)18(17)20-22/h1-11H. The van der Waals surface area contributed by atoms with E-state index < -0.39 is 7.79 Å². The first-order valence-electron chi connectivity index (χ1n) is 7.15. The maximum absolute atomic E-state index is 13.2. The van der Waals surface area contributed by atoms with E-state index in [1.165, 1.54) is 10.8 Å². The Hall–Kier alpha value is -2.35. The Morgan fingerprint density at radius 1 is 0.682 bits per heavy atom. The van der Waals surface area contributed by atoms with E-state index in [0.29, 0.717) is 5.30 Å². The molecule has 1 heterocycles. The third-order valence-electron chi connectivity index (χ3n) is 4.20. The molecule has 3 aromatic rings. The van der Waals surface area contributed by atoms with Gasteiger partial charge in [0.1, 0.15) is 16.7 Å². The van der Waals surface area contributed by atoms with Gasteiger partial charge in [-0.15, -0.1) is 0 Å². The van der Waals surface area contributed by atoms with E-state index in [4.69, 9.17) is 0 Å². The largest absolute Gasteiger partial charge is 0.635 e. The Balaban J connectivity index is 1.80. The average molecular weight is 302 g/mol. The van der Waals surface area contributed by atoms with Crippen LogP contribution < -0.4 is 10.2 Å². The lowest BCUT2D eigenvalue weighted by molar-refractivity contribution is -0.166. The van der Waals surface area contributed by atoms with Gasteiger partial charge in [-0.1, -0.05) is 64.1 Å². The molecule has 0 unspecified atom stereocenters. The lowest BCUT2D eigenvalue weighted by Crippen LogP contribution is -2.17. The quantitative estimate of drug-likeness (QED) is 0.638. The summed E-state index contributed by atoms with van der Waals surface area (Å²) in [5.41, 5.74) is 3.64. The van der Waals surface area contributed by atoms with Crippen molar-refractivity contribution in [2.75, 3.05) is 0 Å². The van der Waals surface area contributed by atoms with Crippen LogP contribution in [-0.4, -0.2) is 11.4 Å². The summed E-state index contributed by atoms with van der Waals surface area (Å²) in [6, 6.07) is 21.6. The molecular formula is C18H11N2OP. The minimum Gasteiger partial charge on any atom is -0.635 e. The smallest absolute Gasteiger partial charge is 0.244 e. The zero-order valence-electron chi connectivity index (χ0n) is 11.6. The molecule has 0 fully saturated rings. The highest BCUT2D eigenvalue weighted by Crippen LogP contribution is 2.58. The fraction of sp³-hybridized carbons (Fsp3) is 0. The van der Waals surface area contributed by atoms with Gasteiger partial charge in [0.25, 0.3) is 0 Å². The van der Waals surface area contributed by atoms with Crippen LogP contribution in [0.25, 0.3) is 10.8 Å². The van der Waals surface area contributed by atoms with E-state index >= 15 is 0 Å². The highest BCUT2D eigenvalue weighted by Gasteiger charge is 2.42. The molecule has 0 spiro atoms. The Labute approximate surface area is 128 Å². The summed E-state index contributed by atoms with van der Waals surface area (Å²) >= 11 is 0. The first-order chi connectivity index (χ1) is 10.8. The molecule has 22 heavy (non-hydrogen) atoms. The minimum atomic E-state index is -3.09. The summed E-state index contributed by atoms with van der Waals surface area (Å²) in [4.78, 5) is 13.2. The maximum Gasteiger partial charge on any atom is 0.244 e. The highest BCUT2D eigenvalue weighted by molar-refractivity contribution is 7.75. The SMILES string of the molecule is [O-][P+]1(c2ccccc2)N=C2C(=N1)c1cccc3cccc2c13. The monoisotopic (exact) mass is 302 g/mol. The first kappa shape index (κ1) is 12.2. The van der Waals surface area contributed by atoms with Crippen LogP contribution in [0.5, 0.6) is 0 Å². The van der Waals surface area contributed by atoms with Gasteiger partial charge in [-0.05, 0) is 17.5 Å². The number of rotatable bonds is 1. The van der Waals surface area contributed by atoms with Crippen LogP contribution in [0.1, 0.15) is 11.1 Å². The Morgan fingerprint density at radius 3 is 1.86 bits per heavy atom. The molecule has 0 atom stereocenters. The van der Waals surface area contributed by atoms with Crippen molar-refractivity contribution >= 4 is 35.3 Å². The lowest BCUT2D eigenvalue weighted by Gasteiger charge is -2.16. The van der Waals surface area contributed by atoms with E-state index in [1.807, 2.05) is 54.6 Å². The van der Waals surface area contributed by atoms with Gasteiger partial charge in [0.2, 0.25) is 7.79 Å². The molecule has 5 rings (SSSR count). The summed E-state index contributed by atoms with van der Waals surface area (Å²) in [5, 5.41) is 3.03. The van der Waals surface area contributed by atoms with Crippen LogP contribution in [0.4, 0.5) is 0 Å². The van der Waals surface area contributed by atoms with Crippen LogP contribution >= 0.6 is 7.79 Å². The Bertz CT molecular complexity index is 938. The maximum atomic E-state index is 13.2. The van der Waals surface area contributed by atoms with Crippen molar-refractivity contribution in [2.45, 2.75) is 0 Å². The molecule has 3 aromatic carbocycles. The molecule has 1 aliphatic carbocycles. The van der Waals surface area contributed by atoms with Gasteiger partial charge in [-0.3, -0.25) is 0 Å². The van der Waals surface area contributed by atoms with Crippen LogP contribution in [0.15, 0.2) is 76.3 Å². The summed E-state index contributed by atoms with van der Waals surface area (Å²) in [7, 11) is -3.09. The van der Waals surface area contributed by atoms with Gasteiger partial charge in [-0.25, -0.2) is 0 Å². The molecule has 1 aliphatic heterocycles. The van der Waals surface area contributed by atoms with Crippen molar-refractivity contribution in [3.05, 3.63) is 77.9 Å². The molecule has 104 valence electrons. The number of hydrogen-bond acceptors (Lipinski definition) is 3. The Kier molecular flexibility index (Phi) is 2.28. The molecule has 4 heteroatoms. The fourth-order valence-corrected chi connectivity index (χ4v) is 5.01. The second kappa shape index (κ2) is 4.10. The topological polar surface area (TPSA) is 47.8 Å². The highest BCUT2D eigenvalue weighted by atomic mass is 31.2. The second-order valence-corrected chi connectivity index (χ2v) is 7.49. The van der Waals surface area contributed by atoms with Gasteiger partial charge in [0, 0.05) is 16.5 Å². The number of hydrogen-bond donors (Lipinski definition) is 0. The molecule has 0 saturated carbocycles. The normalized spacial score (nSPS) is 17.3. The predicted molar refractivity (Wildman–Crippen MR) is 90.0 cm³/mol. The van der Waals surface area contributed by atoms with E-state index in [9.17, 15) is 4.89 Å². The van der Waals surface area contributed by atoms with Gasteiger partial charge in [0.15, 0.2) is 0 Å². The molecule has 0 bridgehead atoms. The summed E-state index contributed by atoms with van der Waals surface area (Å²) in [5.74, 6) is 0. The molecular weight excluding hydrogens is 291 g/mol. The van der Waals surface area contributed by atoms with Crippen LogP contribution in [0.2, 0.25) is 0 Å². The number of benzene rings is 3. The van der Waals surface area contributed by atoms with Gasteiger partial charge < -0.3 is 4.89 Å². The van der Waals surface area contributed by atoms with Crippen LogP contribution in [0, 0.1) is 0 Å². The van der Waals surface area contributed by atoms with Crippen molar-refractivity contribution < 1.29 is 4.89 Å². The van der Waals surface area contributed by atoms with E-state index in [0.717, 1.165) is 22.6 Å². The van der Waals surface area contributed by atoms with Crippen LogP contribution in [-0.2, 0) is 0 Å². The summed E-state index contributed by atoms with van der Waals surface area (Å²) in [6.45, 7) is 0. The van der Waals surface area contributed by atoms with Gasteiger partial charge in [-0.2, -0.15) is 0 Å². The van der Waals surface area contributed by atoms with Crippen LogP contribution in [0.3, 0.4) is 0 Å². The molecule has 3 nitrogen and oxygen atoms in total. The third-order valence-corrected chi connectivity index (χ3v) is 6.12. The molecule has 0 saturated heterocycles. The Morgan fingerprint density at radius 2 is 1.27 bits per heavy atom. The van der Waals surface area contributed by atoms with Crippen molar-refractivity contribution in [1.29, 1.82) is 0 Å². The minimum absolute atomic E-state index is 0.689. The van der Waals surface area contributed by atoms with Crippen molar-refractivity contribution in [3.63, 3.8) is 0 Å². The van der Waals surface area contributed by atoms with Crippen molar-refractivity contribution in [1.82, 2.24) is 0 Å². The van der Waals surface area contributed by atoms with Gasteiger partial charge >= 0.3 is 0 Å². The molecule has 0 aromatic heterocycles. The second-order valence-electron chi connectivity index (χ2n) is 5.49. The first-order valence-corrected chi connectivity index (χ1v) is 8.76. The number of nitrogens with zero attached hydrogens (tertiary/aromatic N) is 2. The zero-order chi connectivity index (χ0) is 14.7. The van der Waals surface area contributed by atoms with E-state index in [2.05, 4.69) is 21.7 Å². The zero-order valence-corrected chi connectivity index (χ0v) is 12.5. The van der Waals surface area contributed by atoms with E-state index in [-0.39, 0.29) is 0 Å². The lowest BCUT2D eigenvalue weighted by atomic mass is 10.1. The molecule has 0 radical (unpaired) electrons. The van der Waals surface area contributed by atoms with E-state index in [1.54, 1.807) is 0 Å². The molecule has 0 amide bonds. The third kappa shape index (κ3) is 1.47. The summed E-state index contributed by atoms with van der Waals surface area (Å²) < 4.78 is 9.12. The number of fused-ring (bicyclic) bond motifs is 3. The van der Waals surface area contributed by atoms with Gasteiger partial charge in [0.05, 0.1) is 0 Å². The van der Waals surface area contributed by atoms with Crippen molar-refractivity contribution in [2.24, 2.45) is 9.53 Å². The molecule has 0 N–H and O–H groups in total.